The van der Waals surface area contributed by atoms with Gasteiger partial charge in [0, 0.05) is 0 Å². The second-order valence-corrected chi connectivity index (χ2v) is 3.40. The van der Waals surface area contributed by atoms with E-state index in [1.54, 1.807) is 19.1 Å². The molecule has 0 spiro atoms. The Bertz CT molecular complexity index is 384. The minimum Gasteiger partial charge on any atom is -0.497 e. The monoisotopic (exact) mass is 210 g/mol. The number of aryl methyl sites for hydroxylation is 1. The second kappa shape index (κ2) is 4.31. The molecule has 0 saturated heterocycles. The van der Waals surface area contributed by atoms with Crippen LogP contribution in [0.4, 0.5) is 0 Å². The maximum Gasteiger partial charge on any atom is 0.337 e. The van der Waals surface area contributed by atoms with Crippen LogP contribution in [0.5, 0.6) is 5.75 Å². The number of aliphatic carboxylic acids is 1. The van der Waals surface area contributed by atoms with Gasteiger partial charge in [0.1, 0.15) is 5.75 Å². The third-order valence-electron chi connectivity index (χ3n) is 2.45. The van der Waals surface area contributed by atoms with Crippen molar-refractivity contribution in [2.45, 2.75) is 20.0 Å². The van der Waals surface area contributed by atoms with Crippen LogP contribution in [0.1, 0.15) is 22.8 Å². The van der Waals surface area contributed by atoms with E-state index in [0.717, 1.165) is 11.1 Å². The predicted octanol–water partition coefficient (Wildman–Crippen LogP) is 1.43. The summed E-state index contributed by atoms with van der Waals surface area (Å²) in [5, 5.41) is 18.2. The molecule has 0 bridgehead atoms. The van der Waals surface area contributed by atoms with Crippen LogP contribution in [0.25, 0.3) is 0 Å². The standard InChI is InChI=1S/C11H14O4/c1-6-4-8(15-3)5-9(7(6)2)10(12)11(13)14/h4-5,10,12H,1-3H3,(H,13,14). The van der Waals surface area contributed by atoms with Crippen LogP contribution in [0.15, 0.2) is 12.1 Å². The molecule has 4 heteroatoms. The van der Waals surface area contributed by atoms with Crippen LogP contribution >= 0.6 is 0 Å². The molecule has 0 saturated carbocycles. The molecular formula is C11H14O4. The van der Waals surface area contributed by atoms with Gasteiger partial charge in [-0.3, -0.25) is 0 Å². The summed E-state index contributed by atoms with van der Waals surface area (Å²) in [6.07, 6.45) is -1.50. The van der Waals surface area contributed by atoms with E-state index in [0.29, 0.717) is 11.3 Å². The van der Waals surface area contributed by atoms with E-state index in [9.17, 15) is 9.90 Å². The molecule has 4 nitrogen and oxygen atoms in total. The Kier molecular flexibility index (Phi) is 3.31. The van der Waals surface area contributed by atoms with Crippen molar-refractivity contribution in [3.8, 4) is 5.75 Å². The lowest BCUT2D eigenvalue weighted by atomic mass is 9.98. The van der Waals surface area contributed by atoms with Crippen LogP contribution in [-0.2, 0) is 4.79 Å². The van der Waals surface area contributed by atoms with Crippen molar-refractivity contribution < 1.29 is 19.7 Å². The van der Waals surface area contributed by atoms with Gasteiger partial charge in [0.25, 0.3) is 0 Å². The number of hydrogen-bond donors (Lipinski definition) is 2. The summed E-state index contributed by atoms with van der Waals surface area (Å²) in [7, 11) is 1.50. The topological polar surface area (TPSA) is 66.8 Å². The Balaban J connectivity index is 3.27. The maximum absolute atomic E-state index is 10.7. The van der Waals surface area contributed by atoms with E-state index in [-0.39, 0.29) is 0 Å². The number of ether oxygens (including phenoxy) is 1. The number of methoxy groups -OCH3 is 1. The summed E-state index contributed by atoms with van der Waals surface area (Å²) >= 11 is 0. The number of carboxylic acids is 1. The molecule has 1 atom stereocenters. The number of hydrogen-bond acceptors (Lipinski definition) is 3. The number of aliphatic hydroxyl groups is 1. The fourth-order valence-electron chi connectivity index (χ4n) is 1.39. The molecule has 0 aliphatic carbocycles. The maximum atomic E-state index is 10.7. The molecule has 1 unspecified atom stereocenters. The molecular weight excluding hydrogens is 196 g/mol. The summed E-state index contributed by atoms with van der Waals surface area (Å²) in [4.78, 5) is 10.7. The first-order valence-electron chi connectivity index (χ1n) is 4.53. The fourth-order valence-corrected chi connectivity index (χ4v) is 1.39. The van der Waals surface area contributed by atoms with Gasteiger partial charge in [-0.1, -0.05) is 0 Å². The summed E-state index contributed by atoms with van der Waals surface area (Å²) in [6, 6.07) is 3.34. The highest BCUT2D eigenvalue weighted by Crippen LogP contribution is 2.26. The number of carboxylic acid groups (broad SMARTS) is 1. The minimum absolute atomic E-state index is 0.374. The van der Waals surface area contributed by atoms with E-state index < -0.39 is 12.1 Å². The SMILES string of the molecule is COc1cc(C)c(C)c(C(O)C(=O)O)c1. The molecule has 0 radical (unpaired) electrons. The Morgan fingerprint density at radius 1 is 1.40 bits per heavy atom. The van der Waals surface area contributed by atoms with Gasteiger partial charge in [0.2, 0.25) is 0 Å². The average Bonchev–Trinajstić information content (AvgIpc) is 2.20. The highest BCUT2D eigenvalue weighted by molar-refractivity contribution is 5.75. The number of rotatable bonds is 3. The van der Waals surface area contributed by atoms with Gasteiger partial charge in [0.05, 0.1) is 7.11 Å². The molecule has 0 aromatic heterocycles. The lowest BCUT2D eigenvalue weighted by Gasteiger charge is -2.13. The zero-order valence-corrected chi connectivity index (χ0v) is 8.94. The van der Waals surface area contributed by atoms with E-state index in [1.807, 2.05) is 6.92 Å². The third-order valence-corrected chi connectivity index (χ3v) is 2.45. The van der Waals surface area contributed by atoms with Gasteiger partial charge in [-0.2, -0.15) is 0 Å². The largest absolute Gasteiger partial charge is 0.497 e. The molecule has 0 heterocycles. The first kappa shape index (κ1) is 11.5. The second-order valence-electron chi connectivity index (χ2n) is 3.40. The first-order valence-corrected chi connectivity index (χ1v) is 4.53. The molecule has 1 aromatic rings. The van der Waals surface area contributed by atoms with E-state index in [1.165, 1.54) is 7.11 Å². The van der Waals surface area contributed by atoms with Crippen LogP contribution in [-0.4, -0.2) is 23.3 Å². The zero-order valence-electron chi connectivity index (χ0n) is 8.94. The van der Waals surface area contributed by atoms with E-state index in [4.69, 9.17) is 9.84 Å². The molecule has 2 N–H and O–H groups in total. The highest BCUT2D eigenvalue weighted by atomic mass is 16.5. The molecule has 0 aliphatic rings. The minimum atomic E-state index is -1.50. The van der Waals surface area contributed by atoms with E-state index >= 15 is 0 Å². The van der Waals surface area contributed by atoms with Crippen molar-refractivity contribution in [1.29, 1.82) is 0 Å². The molecule has 1 aromatic carbocycles. The van der Waals surface area contributed by atoms with E-state index in [2.05, 4.69) is 0 Å². The van der Waals surface area contributed by atoms with Gasteiger partial charge >= 0.3 is 5.97 Å². The molecule has 1 rings (SSSR count). The van der Waals surface area contributed by atoms with Crippen LogP contribution in [0.2, 0.25) is 0 Å². The summed E-state index contributed by atoms with van der Waals surface area (Å²) in [5.74, 6) is -0.709. The molecule has 0 fully saturated rings. The Hall–Kier alpha value is -1.55. The summed E-state index contributed by atoms with van der Waals surface area (Å²) < 4.78 is 5.02. The normalized spacial score (nSPS) is 12.3. The smallest absolute Gasteiger partial charge is 0.337 e. The van der Waals surface area contributed by atoms with Crippen LogP contribution in [0, 0.1) is 13.8 Å². The zero-order chi connectivity index (χ0) is 11.6. The lowest BCUT2D eigenvalue weighted by molar-refractivity contribution is -0.147. The fraction of sp³-hybridized carbons (Fsp3) is 0.364. The van der Waals surface area contributed by atoms with Gasteiger partial charge < -0.3 is 14.9 Å². The summed E-state index contributed by atoms with van der Waals surface area (Å²) in [5.41, 5.74) is 2.04. The highest BCUT2D eigenvalue weighted by Gasteiger charge is 2.19. The van der Waals surface area contributed by atoms with Gasteiger partial charge in [-0.25, -0.2) is 4.79 Å². The Morgan fingerprint density at radius 2 is 2.00 bits per heavy atom. The third kappa shape index (κ3) is 2.27. The molecule has 0 amide bonds. The predicted molar refractivity (Wildman–Crippen MR) is 55.1 cm³/mol. The molecule has 82 valence electrons. The summed E-state index contributed by atoms with van der Waals surface area (Å²) in [6.45, 7) is 3.62. The quantitative estimate of drug-likeness (QED) is 0.792. The first-order chi connectivity index (χ1) is 6.97. The average molecular weight is 210 g/mol. The van der Waals surface area contributed by atoms with Crippen molar-refractivity contribution in [3.63, 3.8) is 0 Å². The van der Waals surface area contributed by atoms with Crippen molar-refractivity contribution in [2.24, 2.45) is 0 Å². The number of carbonyl (C=O) groups is 1. The molecule has 15 heavy (non-hydrogen) atoms. The van der Waals surface area contributed by atoms with Gasteiger partial charge in [0.15, 0.2) is 6.10 Å². The number of aliphatic hydroxyl groups excluding tert-OH is 1. The van der Waals surface area contributed by atoms with Crippen molar-refractivity contribution >= 4 is 5.97 Å². The van der Waals surface area contributed by atoms with Crippen LogP contribution < -0.4 is 4.74 Å². The van der Waals surface area contributed by atoms with Gasteiger partial charge in [-0.05, 0) is 42.7 Å². The lowest BCUT2D eigenvalue weighted by Crippen LogP contribution is -2.12. The van der Waals surface area contributed by atoms with Crippen LogP contribution in [0.3, 0.4) is 0 Å². The molecule has 0 aliphatic heterocycles. The van der Waals surface area contributed by atoms with Gasteiger partial charge in [-0.15, -0.1) is 0 Å². The van der Waals surface area contributed by atoms with Crippen molar-refractivity contribution in [3.05, 3.63) is 28.8 Å². The number of benzene rings is 1. The Morgan fingerprint density at radius 3 is 2.47 bits per heavy atom. The van der Waals surface area contributed by atoms with Crippen molar-refractivity contribution in [2.75, 3.05) is 7.11 Å². The Labute approximate surface area is 88.1 Å². The van der Waals surface area contributed by atoms with Crippen molar-refractivity contribution in [1.82, 2.24) is 0 Å².